The van der Waals surface area contributed by atoms with Crippen LogP contribution in [-0.2, 0) is 5.41 Å². The van der Waals surface area contributed by atoms with Crippen LogP contribution in [0.3, 0.4) is 0 Å². The molecule has 0 bridgehead atoms. The van der Waals surface area contributed by atoms with Crippen molar-refractivity contribution in [2.75, 3.05) is 12.4 Å². The van der Waals surface area contributed by atoms with Crippen LogP contribution in [0.25, 0.3) is 0 Å². The van der Waals surface area contributed by atoms with E-state index in [4.69, 9.17) is 16.3 Å². The number of benzene rings is 1. The summed E-state index contributed by atoms with van der Waals surface area (Å²) in [4.78, 5) is 12.2. The quantitative estimate of drug-likeness (QED) is 0.910. The summed E-state index contributed by atoms with van der Waals surface area (Å²) in [6, 6.07) is 6.80. The molecule has 6 heteroatoms. The van der Waals surface area contributed by atoms with Crippen molar-refractivity contribution in [3.63, 3.8) is 0 Å². The minimum Gasteiger partial charge on any atom is -0.497 e. The van der Waals surface area contributed by atoms with E-state index in [2.05, 4.69) is 15.5 Å². The van der Waals surface area contributed by atoms with Crippen LogP contribution >= 0.6 is 11.6 Å². The van der Waals surface area contributed by atoms with Crippen molar-refractivity contribution in [3.05, 3.63) is 40.7 Å². The van der Waals surface area contributed by atoms with Gasteiger partial charge in [-0.05, 0) is 18.2 Å². The maximum atomic E-state index is 12.2. The molecule has 5 nitrogen and oxygen atoms in total. The third kappa shape index (κ3) is 3.55. The van der Waals surface area contributed by atoms with Gasteiger partial charge in [0.05, 0.1) is 17.8 Å². The average molecular weight is 308 g/mol. The second-order valence-electron chi connectivity index (χ2n) is 5.72. The molecule has 0 fully saturated rings. The van der Waals surface area contributed by atoms with E-state index in [0.717, 1.165) is 5.69 Å². The zero-order chi connectivity index (χ0) is 15.6. The Hall–Kier alpha value is -2.01. The van der Waals surface area contributed by atoms with Crippen LogP contribution in [0.2, 0.25) is 5.02 Å². The maximum absolute atomic E-state index is 12.2. The number of halogens is 1. The number of carbonyl (C=O) groups excluding carboxylic acids is 1. The van der Waals surface area contributed by atoms with Gasteiger partial charge in [-0.1, -0.05) is 32.4 Å². The van der Waals surface area contributed by atoms with Crippen molar-refractivity contribution < 1.29 is 9.53 Å². The first kappa shape index (κ1) is 15.4. The Balaban J connectivity index is 2.16. The first-order valence-electron chi connectivity index (χ1n) is 6.52. The van der Waals surface area contributed by atoms with Crippen LogP contribution in [-0.4, -0.2) is 23.2 Å². The summed E-state index contributed by atoms with van der Waals surface area (Å²) in [7, 11) is 1.56. The SMILES string of the molecule is COc1ccc(NC(=O)c2cc(C(C)(C)C)[nH]n2)c(Cl)c1. The Bertz CT molecular complexity index is 659. The van der Waals surface area contributed by atoms with E-state index in [0.29, 0.717) is 22.2 Å². The summed E-state index contributed by atoms with van der Waals surface area (Å²) < 4.78 is 5.07. The summed E-state index contributed by atoms with van der Waals surface area (Å²) in [5.74, 6) is 0.321. The fourth-order valence-electron chi connectivity index (χ4n) is 1.73. The molecule has 0 spiro atoms. The number of anilines is 1. The molecule has 0 aliphatic rings. The predicted octanol–water partition coefficient (Wildman–Crippen LogP) is 3.62. The molecule has 0 saturated carbocycles. The van der Waals surface area contributed by atoms with Crippen molar-refractivity contribution in [3.8, 4) is 5.75 Å². The smallest absolute Gasteiger partial charge is 0.276 e. The van der Waals surface area contributed by atoms with Gasteiger partial charge in [0.1, 0.15) is 5.75 Å². The minimum absolute atomic E-state index is 0.0940. The highest BCUT2D eigenvalue weighted by Crippen LogP contribution is 2.27. The predicted molar refractivity (Wildman–Crippen MR) is 83.2 cm³/mol. The molecule has 1 heterocycles. The number of rotatable bonds is 3. The number of carbonyl (C=O) groups is 1. The molecule has 2 N–H and O–H groups in total. The fourth-order valence-corrected chi connectivity index (χ4v) is 1.95. The molecule has 112 valence electrons. The molecule has 1 aromatic carbocycles. The van der Waals surface area contributed by atoms with Crippen molar-refractivity contribution >= 4 is 23.2 Å². The number of H-pyrrole nitrogens is 1. The lowest BCUT2D eigenvalue weighted by Crippen LogP contribution is -2.13. The standard InChI is InChI=1S/C15H18ClN3O2/c1-15(2,3)13-8-12(18-19-13)14(20)17-11-6-5-9(21-4)7-10(11)16/h5-8H,1-4H3,(H,17,20)(H,18,19). The molecule has 0 radical (unpaired) electrons. The number of amides is 1. The lowest BCUT2D eigenvalue weighted by molar-refractivity contribution is 0.102. The molecule has 0 aliphatic carbocycles. The van der Waals surface area contributed by atoms with Crippen molar-refractivity contribution in [1.29, 1.82) is 0 Å². The second-order valence-corrected chi connectivity index (χ2v) is 6.12. The molecule has 0 aliphatic heterocycles. The highest BCUT2D eigenvalue weighted by Gasteiger charge is 2.19. The zero-order valence-corrected chi connectivity index (χ0v) is 13.2. The van der Waals surface area contributed by atoms with E-state index in [-0.39, 0.29) is 11.3 Å². The van der Waals surface area contributed by atoms with Crippen molar-refractivity contribution in [2.45, 2.75) is 26.2 Å². The number of hydrogen-bond acceptors (Lipinski definition) is 3. The Morgan fingerprint density at radius 3 is 2.57 bits per heavy atom. The number of aromatic nitrogens is 2. The molecule has 1 aromatic heterocycles. The third-order valence-corrected chi connectivity index (χ3v) is 3.36. The van der Waals surface area contributed by atoms with E-state index in [9.17, 15) is 4.79 Å². The third-order valence-electron chi connectivity index (χ3n) is 3.04. The highest BCUT2D eigenvalue weighted by atomic mass is 35.5. The Labute approximate surface area is 128 Å². The normalized spacial score (nSPS) is 11.3. The first-order chi connectivity index (χ1) is 9.81. The molecule has 1 amide bonds. The Morgan fingerprint density at radius 2 is 2.05 bits per heavy atom. The maximum Gasteiger partial charge on any atom is 0.276 e. The van der Waals surface area contributed by atoms with Crippen molar-refractivity contribution in [1.82, 2.24) is 10.2 Å². The summed E-state index contributed by atoms with van der Waals surface area (Å²) >= 11 is 6.09. The van der Waals surface area contributed by atoms with Crippen LogP contribution in [0.5, 0.6) is 5.75 Å². The first-order valence-corrected chi connectivity index (χ1v) is 6.90. The van der Waals surface area contributed by atoms with Crippen LogP contribution in [0.4, 0.5) is 5.69 Å². The van der Waals surface area contributed by atoms with Gasteiger partial charge in [0.15, 0.2) is 5.69 Å². The molecule has 0 atom stereocenters. The number of nitrogens with zero attached hydrogens (tertiary/aromatic N) is 1. The molecule has 0 saturated heterocycles. The van der Waals surface area contributed by atoms with Crippen LogP contribution in [0, 0.1) is 0 Å². The van der Waals surface area contributed by atoms with Crippen LogP contribution < -0.4 is 10.1 Å². The summed E-state index contributed by atoms with van der Waals surface area (Å²) in [6.45, 7) is 6.13. The molecule has 2 rings (SSSR count). The lowest BCUT2D eigenvalue weighted by Gasteiger charge is -2.14. The summed E-state index contributed by atoms with van der Waals surface area (Å²) in [5.41, 5.74) is 1.64. The van der Waals surface area contributed by atoms with Crippen LogP contribution in [0.1, 0.15) is 37.0 Å². The van der Waals surface area contributed by atoms with Gasteiger partial charge >= 0.3 is 0 Å². The summed E-state index contributed by atoms with van der Waals surface area (Å²) in [6.07, 6.45) is 0. The topological polar surface area (TPSA) is 67.0 Å². The lowest BCUT2D eigenvalue weighted by atomic mass is 9.92. The van der Waals surface area contributed by atoms with Gasteiger partial charge in [0.2, 0.25) is 0 Å². The van der Waals surface area contributed by atoms with Gasteiger partial charge in [-0.2, -0.15) is 5.10 Å². The second kappa shape index (κ2) is 5.77. The zero-order valence-electron chi connectivity index (χ0n) is 12.5. The van der Waals surface area contributed by atoms with Crippen molar-refractivity contribution in [2.24, 2.45) is 0 Å². The number of methoxy groups -OCH3 is 1. The molecule has 2 aromatic rings. The molecule has 21 heavy (non-hydrogen) atoms. The highest BCUT2D eigenvalue weighted by molar-refractivity contribution is 6.34. The van der Waals surface area contributed by atoms with E-state index >= 15 is 0 Å². The number of aromatic amines is 1. The average Bonchev–Trinajstić information content (AvgIpc) is 2.90. The van der Waals surface area contributed by atoms with Crippen LogP contribution in [0.15, 0.2) is 24.3 Å². The Morgan fingerprint density at radius 1 is 1.33 bits per heavy atom. The molecular weight excluding hydrogens is 290 g/mol. The van der Waals surface area contributed by atoms with Gasteiger partial charge in [0, 0.05) is 17.2 Å². The van der Waals surface area contributed by atoms with E-state index < -0.39 is 0 Å². The van der Waals surface area contributed by atoms with E-state index in [1.165, 1.54) is 0 Å². The van der Waals surface area contributed by atoms with Gasteiger partial charge in [-0.25, -0.2) is 0 Å². The van der Waals surface area contributed by atoms with Gasteiger partial charge in [-0.15, -0.1) is 0 Å². The van der Waals surface area contributed by atoms with Gasteiger partial charge in [0.25, 0.3) is 5.91 Å². The Kier molecular flexibility index (Phi) is 4.23. The monoisotopic (exact) mass is 307 g/mol. The van der Waals surface area contributed by atoms with E-state index in [1.54, 1.807) is 31.4 Å². The minimum atomic E-state index is -0.311. The van der Waals surface area contributed by atoms with E-state index in [1.807, 2.05) is 20.8 Å². The molecular formula is C15H18ClN3O2. The fraction of sp³-hybridized carbons (Fsp3) is 0.333. The largest absolute Gasteiger partial charge is 0.497 e. The molecule has 0 unspecified atom stereocenters. The number of ether oxygens (including phenoxy) is 1. The van der Waals surface area contributed by atoms with Gasteiger partial charge < -0.3 is 10.1 Å². The summed E-state index contributed by atoms with van der Waals surface area (Å²) in [5, 5.41) is 10.1. The van der Waals surface area contributed by atoms with Gasteiger partial charge in [-0.3, -0.25) is 9.89 Å². The number of hydrogen-bond donors (Lipinski definition) is 2. The number of nitrogens with one attached hydrogen (secondary N) is 2.